The summed E-state index contributed by atoms with van der Waals surface area (Å²) >= 11 is 5.68. The monoisotopic (exact) mass is 439 g/mol. The number of nitrogens with one attached hydrogen (secondary N) is 2. The lowest BCUT2D eigenvalue weighted by atomic mass is 10.1. The molecule has 0 spiro atoms. The molecular formula is C24H29N3O3S. The molecule has 164 valence electrons. The summed E-state index contributed by atoms with van der Waals surface area (Å²) in [5.74, 6) is 2.00. The van der Waals surface area contributed by atoms with E-state index < -0.39 is 0 Å². The summed E-state index contributed by atoms with van der Waals surface area (Å²) in [6, 6.07) is 15.4. The third-order valence-corrected chi connectivity index (χ3v) is 5.37. The van der Waals surface area contributed by atoms with Crippen LogP contribution in [-0.2, 0) is 13.1 Å². The van der Waals surface area contributed by atoms with Crippen LogP contribution in [0.4, 0.5) is 0 Å². The maximum absolute atomic E-state index is 12.8. The lowest BCUT2D eigenvalue weighted by Crippen LogP contribution is -2.41. The smallest absolute Gasteiger partial charge is 0.253 e. The zero-order valence-electron chi connectivity index (χ0n) is 18.4. The highest BCUT2D eigenvalue weighted by Crippen LogP contribution is 2.20. The molecule has 0 amide bonds. The van der Waals surface area contributed by atoms with Crippen LogP contribution in [0.2, 0.25) is 0 Å². The third kappa shape index (κ3) is 5.98. The number of hydrogen-bond donors (Lipinski definition) is 2. The van der Waals surface area contributed by atoms with E-state index in [2.05, 4.69) is 24.1 Å². The molecule has 0 atom stereocenters. The van der Waals surface area contributed by atoms with E-state index in [4.69, 9.17) is 21.7 Å². The van der Waals surface area contributed by atoms with Crippen molar-refractivity contribution in [2.24, 2.45) is 5.92 Å². The van der Waals surface area contributed by atoms with Crippen molar-refractivity contribution in [3.63, 3.8) is 0 Å². The van der Waals surface area contributed by atoms with E-state index in [1.807, 2.05) is 53.4 Å². The lowest BCUT2D eigenvalue weighted by molar-refractivity contribution is 0.392. The van der Waals surface area contributed by atoms with Crippen LogP contribution in [0.3, 0.4) is 0 Å². The maximum Gasteiger partial charge on any atom is 0.253 e. The van der Waals surface area contributed by atoms with Crippen LogP contribution in [0, 0.1) is 5.92 Å². The molecule has 2 aromatic carbocycles. The van der Waals surface area contributed by atoms with E-state index in [9.17, 15) is 4.79 Å². The molecule has 0 radical (unpaired) electrons. The molecule has 0 aliphatic rings. The fourth-order valence-electron chi connectivity index (χ4n) is 3.23. The third-order valence-electron chi connectivity index (χ3n) is 4.97. The van der Waals surface area contributed by atoms with Gasteiger partial charge in [0.15, 0.2) is 5.11 Å². The van der Waals surface area contributed by atoms with Crippen molar-refractivity contribution >= 4 is 28.2 Å². The van der Waals surface area contributed by atoms with Crippen molar-refractivity contribution < 1.29 is 9.47 Å². The molecular weight excluding hydrogens is 410 g/mol. The second-order valence-electron chi connectivity index (χ2n) is 7.86. The predicted octanol–water partition coefficient (Wildman–Crippen LogP) is 4.08. The Labute approximate surface area is 188 Å². The molecule has 31 heavy (non-hydrogen) atoms. The standard InChI is InChI=1S/C24H29N3O3S/c1-16(2)13-25-24(31)27(14-17-5-7-20(29-3)8-6-17)15-19-11-18-12-21(30-4)9-10-22(18)26-23(19)28/h5-12,16H,13-15H2,1-4H3,(H,25,31)(H,26,28). The number of nitrogens with zero attached hydrogens (tertiary/aromatic N) is 1. The fourth-order valence-corrected chi connectivity index (χ4v) is 3.45. The zero-order chi connectivity index (χ0) is 22.4. The number of fused-ring (bicyclic) bond motifs is 1. The van der Waals surface area contributed by atoms with Crippen molar-refractivity contribution in [3.05, 3.63) is 70.0 Å². The summed E-state index contributed by atoms with van der Waals surface area (Å²) in [5, 5.41) is 4.86. The first-order valence-corrected chi connectivity index (χ1v) is 10.7. The average Bonchev–Trinajstić information content (AvgIpc) is 2.77. The van der Waals surface area contributed by atoms with Gasteiger partial charge in [-0.1, -0.05) is 26.0 Å². The van der Waals surface area contributed by atoms with Gasteiger partial charge in [-0.25, -0.2) is 0 Å². The van der Waals surface area contributed by atoms with E-state index in [1.165, 1.54) is 0 Å². The van der Waals surface area contributed by atoms with Gasteiger partial charge in [0.25, 0.3) is 5.56 Å². The minimum Gasteiger partial charge on any atom is -0.497 e. The number of ether oxygens (including phenoxy) is 2. The summed E-state index contributed by atoms with van der Waals surface area (Å²) in [7, 11) is 3.27. The number of hydrogen-bond acceptors (Lipinski definition) is 4. The van der Waals surface area contributed by atoms with Crippen molar-refractivity contribution in [3.8, 4) is 11.5 Å². The zero-order valence-corrected chi connectivity index (χ0v) is 19.2. The molecule has 1 heterocycles. The Balaban J connectivity index is 1.89. The van der Waals surface area contributed by atoms with Crippen LogP contribution in [-0.4, -0.2) is 35.8 Å². The molecule has 1 aromatic heterocycles. The second kappa shape index (κ2) is 10.3. The molecule has 2 N–H and O–H groups in total. The number of aromatic amines is 1. The summed E-state index contributed by atoms with van der Waals surface area (Å²) in [6.45, 7) is 5.99. The quantitative estimate of drug-likeness (QED) is 0.516. The maximum atomic E-state index is 12.8. The Morgan fingerprint density at radius 1 is 1.03 bits per heavy atom. The van der Waals surface area contributed by atoms with Gasteiger partial charge >= 0.3 is 0 Å². The normalized spacial score (nSPS) is 10.9. The van der Waals surface area contributed by atoms with Gasteiger partial charge in [0, 0.05) is 29.6 Å². The molecule has 0 aliphatic heterocycles. The summed E-state index contributed by atoms with van der Waals surface area (Å²) in [4.78, 5) is 17.7. The van der Waals surface area contributed by atoms with Gasteiger partial charge in [-0.15, -0.1) is 0 Å². The predicted molar refractivity (Wildman–Crippen MR) is 129 cm³/mol. The minimum atomic E-state index is -0.121. The number of rotatable bonds is 8. The van der Waals surface area contributed by atoms with Crippen LogP contribution in [0.5, 0.6) is 11.5 Å². The van der Waals surface area contributed by atoms with E-state index in [0.717, 1.165) is 34.5 Å². The topological polar surface area (TPSA) is 66.6 Å². The van der Waals surface area contributed by atoms with Gasteiger partial charge in [-0.05, 0) is 60.1 Å². The molecule has 0 aliphatic carbocycles. The van der Waals surface area contributed by atoms with Crippen LogP contribution < -0.4 is 20.3 Å². The SMILES string of the molecule is COc1ccc(CN(Cc2cc3cc(OC)ccc3[nH]c2=O)C(=S)NCC(C)C)cc1. The number of aromatic nitrogens is 1. The summed E-state index contributed by atoms with van der Waals surface area (Å²) in [5.41, 5.74) is 2.37. The number of H-pyrrole nitrogens is 1. The number of thiocarbonyl (C=S) groups is 1. The van der Waals surface area contributed by atoms with Gasteiger partial charge in [-0.3, -0.25) is 4.79 Å². The first-order valence-electron chi connectivity index (χ1n) is 10.2. The Morgan fingerprint density at radius 2 is 1.71 bits per heavy atom. The number of benzene rings is 2. The highest BCUT2D eigenvalue weighted by Gasteiger charge is 2.15. The van der Waals surface area contributed by atoms with Crippen molar-refractivity contribution in [1.29, 1.82) is 0 Å². The van der Waals surface area contributed by atoms with Gasteiger partial charge in [0.05, 0.1) is 20.8 Å². The number of pyridine rings is 1. The highest BCUT2D eigenvalue weighted by atomic mass is 32.1. The molecule has 3 aromatic rings. The second-order valence-corrected chi connectivity index (χ2v) is 8.25. The first-order chi connectivity index (χ1) is 14.9. The Bertz CT molecular complexity index is 1090. The van der Waals surface area contributed by atoms with Crippen LogP contribution in [0.15, 0.2) is 53.3 Å². The van der Waals surface area contributed by atoms with Crippen molar-refractivity contribution in [1.82, 2.24) is 15.2 Å². The fraction of sp³-hybridized carbons (Fsp3) is 0.333. The van der Waals surface area contributed by atoms with Crippen molar-refractivity contribution in [2.45, 2.75) is 26.9 Å². The summed E-state index contributed by atoms with van der Waals surface area (Å²) in [6.07, 6.45) is 0. The number of methoxy groups -OCH3 is 2. The molecule has 0 saturated carbocycles. The molecule has 0 unspecified atom stereocenters. The van der Waals surface area contributed by atoms with Gasteiger partial charge < -0.3 is 24.7 Å². The highest BCUT2D eigenvalue weighted by molar-refractivity contribution is 7.80. The molecule has 0 saturated heterocycles. The largest absolute Gasteiger partial charge is 0.497 e. The minimum absolute atomic E-state index is 0.121. The molecule has 0 fully saturated rings. The van der Waals surface area contributed by atoms with Gasteiger partial charge in [-0.2, -0.15) is 0 Å². The first kappa shape index (κ1) is 22.6. The molecule has 6 nitrogen and oxygen atoms in total. The van der Waals surface area contributed by atoms with E-state index in [1.54, 1.807) is 14.2 Å². The Kier molecular flexibility index (Phi) is 7.52. The van der Waals surface area contributed by atoms with Crippen LogP contribution in [0.1, 0.15) is 25.0 Å². The van der Waals surface area contributed by atoms with E-state index in [0.29, 0.717) is 29.7 Å². The van der Waals surface area contributed by atoms with E-state index >= 15 is 0 Å². The molecule has 3 rings (SSSR count). The van der Waals surface area contributed by atoms with Crippen LogP contribution >= 0.6 is 12.2 Å². The Hall–Kier alpha value is -3.06. The van der Waals surface area contributed by atoms with E-state index in [-0.39, 0.29) is 5.56 Å². The van der Waals surface area contributed by atoms with Gasteiger partial charge in [0.2, 0.25) is 0 Å². The molecule has 0 bridgehead atoms. The lowest BCUT2D eigenvalue weighted by Gasteiger charge is -2.26. The molecule has 7 heteroatoms. The average molecular weight is 440 g/mol. The van der Waals surface area contributed by atoms with Crippen molar-refractivity contribution in [2.75, 3.05) is 20.8 Å². The van der Waals surface area contributed by atoms with Crippen LogP contribution in [0.25, 0.3) is 10.9 Å². The summed E-state index contributed by atoms with van der Waals surface area (Å²) < 4.78 is 10.6. The van der Waals surface area contributed by atoms with Gasteiger partial charge in [0.1, 0.15) is 11.5 Å². The Morgan fingerprint density at radius 3 is 2.35 bits per heavy atom.